The third-order valence-corrected chi connectivity index (χ3v) is 4.00. The molecule has 19 heavy (non-hydrogen) atoms. The number of imidazole rings is 1. The van der Waals surface area contributed by atoms with Gasteiger partial charge in [0.25, 0.3) is 0 Å². The van der Waals surface area contributed by atoms with E-state index in [1.807, 2.05) is 6.07 Å². The number of carboxylic acids is 1. The minimum atomic E-state index is -0.912. The van der Waals surface area contributed by atoms with Crippen molar-refractivity contribution in [1.82, 2.24) is 9.97 Å². The van der Waals surface area contributed by atoms with Crippen LogP contribution in [0.3, 0.4) is 0 Å². The Kier molecular flexibility index (Phi) is 3.23. The van der Waals surface area contributed by atoms with E-state index in [1.165, 1.54) is 25.7 Å². The summed E-state index contributed by atoms with van der Waals surface area (Å²) in [5.74, 6) is 0.506. The maximum atomic E-state index is 11.2. The summed E-state index contributed by atoms with van der Waals surface area (Å²) < 4.78 is 0. The van der Waals surface area contributed by atoms with Crippen LogP contribution in [0, 0.1) is 0 Å². The fourth-order valence-electron chi connectivity index (χ4n) is 2.97. The minimum Gasteiger partial charge on any atom is -0.478 e. The predicted molar refractivity (Wildman–Crippen MR) is 73.5 cm³/mol. The summed E-state index contributed by atoms with van der Waals surface area (Å²) in [7, 11) is 0. The van der Waals surface area contributed by atoms with Gasteiger partial charge in [-0.1, -0.05) is 31.7 Å². The molecular weight excluding hydrogens is 240 g/mol. The molecule has 1 aliphatic carbocycles. The van der Waals surface area contributed by atoms with Gasteiger partial charge in [0.2, 0.25) is 0 Å². The lowest BCUT2D eigenvalue weighted by atomic mass is 10.00. The van der Waals surface area contributed by atoms with Crippen LogP contribution in [0.25, 0.3) is 11.0 Å². The molecule has 100 valence electrons. The zero-order chi connectivity index (χ0) is 13.2. The normalized spacial score (nSPS) is 17.5. The first-order valence-electron chi connectivity index (χ1n) is 6.97. The molecule has 1 heterocycles. The highest BCUT2D eigenvalue weighted by Crippen LogP contribution is 2.31. The van der Waals surface area contributed by atoms with E-state index in [1.54, 1.807) is 12.1 Å². The molecule has 0 saturated heterocycles. The zero-order valence-electron chi connectivity index (χ0n) is 10.9. The van der Waals surface area contributed by atoms with Gasteiger partial charge in [-0.3, -0.25) is 0 Å². The smallest absolute Gasteiger partial charge is 0.337 e. The number of hydrogen-bond donors (Lipinski definition) is 2. The number of benzene rings is 1. The van der Waals surface area contributed by atoms with Crippen LogP contribution in [-0.4, -0.2) is 21.0 Å². The molecule has 1 aromatic carbocycles. The molecule has 4 heteroatoms. The van der Waals surface area contributed by atoms with Gasteiger partial charge in [0.15, 0.2) is 0 Å². The number of hydrogen-bond acceptors (Lipinski definition) is 2. The Morgan fingerprint density at radius 3 is 2.63 bits per heavy atom. The van der Waals surface area contributed by atoms with E-state index in [0.717, 1.165) is 24.2 Å². The molecule has 0 unspecified atom stereocenters. The summed E-state index contributed by atoms with van der Waals surface area (Å²) in [6.07, 6.45) is 7.40. The fourth-order valence-corrected chi connectivity index (χ4v) is 2.97. The molecule has 0 bridgehead atoms. The third-order valence-electron chi connectivity index (χ3n) is 4.00. The lowest BCUT2D eigenvalue weighted by Gasteiger charge is -2.09. The van der Waals surface area contributed by atoms with Crippen LogP contribution in [0.5, 0.6) is 0 Å². The summed E-state index contributed by atoms with van der Waals surface area (Å²) in [4.78, 5) is 19.1. The number of aromatic amines is 1. The van der Waals surface area contributed by atoms with Crippen LogP contribution in [-0.2, 0) is 0 Å². The first-order valence-corrected chi connectivity index (χ1v) is 6.97. The molecule has 1 aliphatic rings. The number of nitrogens with zero attached hydrogens (tertiary/aromatic N) is 1. The monoisotopic (exact) mass is 258 g/mol. The van der Waals surface area contributed by atoms with Crippen molar-refractivity contribution in [2.75, 3.05) is 0 Å². The molecule has 0 amide bonds. The number of fused-ring (bicyclic) bond motifs is 1. The van der Waals surface area contributed by atoms with Crippen molar-refractivity contribution in [2.24, 2.45) is 0 Å². The lowest BCUT2D eigenvalue weighted by molar-refractivity contribution is 0.0699. The minimum absolute atomic E-state index is 0.286. The van der Waals surface area contributed by atoms with Crippen molar-refractivity contribution in [3.63, 3.8) is 0 Å². The highest BCUT2D eigenvalue weighted by atomic mass is 16.4. The van der Waals surface area contributed by atoms with E-state index in [4.69, 9.17) is 0 Å². The number of H-pyrrole nitrogens is 1. The predicted octanol–water partition coefficient (Wildman–Crippen LogP) is 3.70. The molecule has 1 saturated carbocycles. The van der Waals surface area contributed by atoms with Crippen LogP contribution in [0.15, 0.2) is 18.2 Å². The second kappa shape index (κ2) is 5.03. The van der Waals surface area contributed by atoms with Gasteiger partial charge in [-0.25, -0.2) is 9.78 Å². The van der Waals surface area contributed by atoms with Crippen molar-refractivity contribution in [3.05, 3.63) is 29.6 Å². The summed E-state index contributed by atoms with van der Waals surface area (Å²) in [5, 5.41) is 9.19. The molecule has 1 aromatic heterocycles. The zero-order valence-corrected chi connectivity index (χ0v) is 10.9. The van der Waals surface area contributed by atoms with E-state index >= 15 is 0 Å². The fraction of sp³-hybridized carbons (Fsp3) is 0.467. The Bertz CT molecular complexity index is 595. The quantitative estimate of drug-likeness (QED) is 0.807. The van der Waals surface area contributed by atoms with E-state index in [9.17, 15) is 9.90 Å². The molecule has 1 fully saturated rings. The maximum Gasteiger partial charge on any atom is 0.337 e. The number of aromatic nitrogens is 2. The summed E-state index contributed by atoms with van der Waals surface area (Å²) in [6, 6.07) is 5.28. The third kappa shape index (κ3) is 2.35. The lowest BCUT2D eigenvalue weighted by Crippen LogP contribution is -2.00. The summed E-state index contributed by atoms with van der Waals surface area (Å²) >= 11 is 0. The molecule has 0 aliphatic heterocycles. The Morgan fingerprint density at radius 1 is 1.21 bits per heavy atom. The van der Waals surface area contributed by atoms with Gasteiger partial charge in [0.1, 0.15) is 11.3 Å². The second-order valence-electron chi connectivity index (χ2n) is 5.32. The van der Waals surface area contributed by atoms with Gasteiger partial charge in [-0.2, -0.15) is 0 Å². The first kappa shape index (κ1) is 12.2. The van der Waals surface area contributed by atoms with Crippen LogP contribution in [0.2, 0.25) is 0 Å². The van der Waals surface area contributed by atoms with Crippen molar-refractivity contribution >= 4 is 17.0 Å². The van der Waals surface area contributed by atoms with Crippen molar-refractivity contribution in [2.45, 2.75) is 44.4 Å². The van der Waals surface area contributed by atoms with E-state index in [2.05, 4.69) is 9.97 Å². The molecule has 0 spiro atoms. The Morgan fingerprint density at radius 2 is 1.95 bits per heavy atom. The summed E-state index contributed by atoms with van der Waals surface area (Å²) in [6.45, 7) is 0. The number of rotatable bonds is 2. The van der Waals surface area contributed by atoms with E-state index in [0.29, 0.717) is 11.4 Å². The highest BCUT2D eigenvalue weighted by molar-refractivity contribution is 6.00. The summed E-state index contributed by atoms with van der Waals surface area (Å²) in [5.41, 5.74) is 1.71. The second-order valence-corrected chi connectivity index (χ2v) is 5.32. The number of carboxylic acid groups (broad SMARTS) is 1. The Balaban J connectivity index is 2.01. The Labute approximate surface area is 111 Å². The number of aromatic carboxylic acids is 1. The molecule has 4 nitrogen and oxygen atoms in total. The van der Waals surface area contributed by atoms with Crippen molar-refractivity contribution < 1.29 is 9.90 Å². The van der Waals surface area contributed by atoms with Crippen LogP contribution >= 0.6 is 0 Å². The van der Waals surface area contributed by atoms with Crippen molar-refractivity contribution in [1.29, 1.82) is 0 Å². The van der Waals surface area contributed by atoms with Gasteiger partial charge >= 0.3 is 5.97 Å². The van der Waals surface area contributed by atoms with Crippen molar-refractivity contribution in [3.8, 4) is 0 Å². The van der Waals surface area contributed by atoms with Crippen LogP contribution in [0.1, 0.15) is 60.6 Å². The maximum absolute atomic E-state index is 11.2. The average Bonchev–Trinajstić information content (AvgIpc) is 2.65. The molecule has 2 aromatic rings. The number of carbonyl (C=O) groups is 1. The van der Waals surface area contributed by atoms with Crippen LogP contribution in [0.4, 0.5) is 0 Å². The largest absolute Gasteiger partial charge is 0.478 e. The van der Waals surface area contributed by atoms with E-state index < -0.39 is 5.97 Å². The average molecular weight is 258 g/mol. The number of nitrogens with one attached hydrogen (secondary N) is 1. The van der Waals surface area contributed by atoms with Gasteiger partial charge < -0.3 is 10.1 Å². The van der Waals surface area contributed by atoms with Gasteiger partial charge in [0.05, 0.1) is 11.1 Å². The molecule has 0 atom stereocenters. The molecule has 0 radical (unpaired) electrons. The standard InChI is InChI=1S/C15H18N2O2/c18-15(19)11-8-5-9-12-13(11)17-14(16-12)10-6-3-1-2-4-7-10/h5,8-10H,1-4,6-7H2,(H,16,17)(H,18,19). The van der Waals surface area contributed by atoms with Gasteiger partial charge in [-0.05, 0) is 25.0 Å². The molecular formula is C15H18N2O2. The van der Waals surface area contributed by atoms with E-state index in [-0.39, 0.29) is 5.56 Å². The number of para-hydroxylation sites is 1. The van der Waals surface area contributed by atoms with Gasteiger partial charge in [0, 0.05) is 5.92 Å². The highest BCUT2D eigenvalue weighted by Gasteiger charge is 2.19. The SMILES string of the molecule is O=C(O)c1cccc2[nH]c(C3CCCCCC3)nc12. The van der Waals surface area contributed by atoms with Gasteiger partial charge in [-0.15, -0.1) is 0 Å². The first-order chi connectivity index (χ1) is 9.25. The Hall–Kier alpha value is -1.84. The molecule has 2 N–H and O–H groups in total. The van der Waals surface area contributed by atoms with Crippen LogP contribution < -0.4 is 0 Å². The molecule has 3 rings (SSSR count). The topological polar surface area (TPSA) is 66.0 Å².